The first-order chi connectivity index (χ1) is 64.9. The molecule has 14 amide bonds. The molecule has 4 heterocycles. The van der Waals surface area contributed by atoms with Crippen molar-refractivity contribution in [2.24, 2.45) is 81.7 Å². The van der Waals surface area contributed by atoms with Crippen molar-refractivity contribution in [3.05, 3.63) is 90.3 Å². The zero-order valence-electron chi connectivity index (χ0n) is 81.0. The number of carboxylic acids is 2. The van der Waals surface area contributed by atoms with Crippen molar-refractivity contribution >= 4 is 138 Å². The molecule has 10 rings (SSSR count). The van der Waals surface area contributed by atoms with E-state index in [1.54, 1.807) is 102 Å². The summed E-state index contributed by atoms with van der Waals surface area (Å²) in [5.74, 6) is -14.9. The molecule has 3 aromatic heterocycles. The highest BCUT2D eigenvalue weighted by Gasteiger charge is 2.61. The third-order valence-corrected chi connectivity index (χ3v) is 31.3. The Balaban J connectivity index is 0.973. The number of aromatic amines is 3. The average molecular weight is 1940 g/mol. The van der Waals surface area contributed by atoms with Crippen LogP contribution in [0.25, 0.3) is 21.8 Å². The number of nitrogens with one attached hydrogen (secondary N) is 16. The minimum atomic E-state index is -1.78. The first-order valence-electron chi connectivity index (χ1n) is 48.5. The van der Waals surface area contributed by atoms with Crippen molar-refractivity contribution in [2.45, 2.75) is 303 Å². The Morgan fingerprint density at radius 2 is 1.12 bits per heavy atom. The molecule has 0 bridgehead atoms. The SMILES string of the molecule is CC(C)CCC[C@@H](C)C1CCC2[C@H]3CC[C@H]4C[C@@H](CC(=O)N[C@@H](CC(=O)O)C(=O)N[C@H]5CSSC[C@@H](C(=O)N[C@H](C(N)=O)C(C)O)NC(=O)[C@H](Cc6c[nH]c7ccccc67)NC(=O)[C@H](C(C)C)NC(=O)[C@H](CC(C)C)NC(=O)[C@H](CCC(=O)O)NC(=O)CNC(=O)[C@H](CC(C)C)NC(=O)[C@H](Cc6cnc[nH]6)NC(=O)[C@H](Cc6c[nH]c7ccccc67)NC(=O)[C@H](C)NC5=O)CCC4(C)C3CCC21C. The molecule has 0 spiro atoms. The lowest BCUT2D eigenvalue weighted by Gasteiger charge is -2.61. The molecule has 5 fully saturated rings. The molecule has 4 saturated carbocycles. The maximum absolute atomic E-state index is 15.4. The van der Waals surface area contributed by atoms with Crippen molar-refractivity contribution < 1.29 is 92.0 Å². The van der Waals surface area contributed by atoms with Gasteiger partial charge >= 0.3 is 11.9 Å². The Kier molecular flexibility index (Phi) is 39.0. The number of aliphatic hydroxyl groups excluding tert-OH is 1. The molecule has 5 aliphatic rings. The van der Waals surface area contributed by atoms with Crippen molar-refractivity contribution in [1.82, 2.24) is 89.1 Å². The zero-order valence-corrected chi connectivity index (χ0v) is 82.6. The van der Waals surface area contributed by atoms with Crippen LogP contribution < -0.4 is 74.9 Å². The number of nitrogens with zero attached hydrogens (tertiary/aromatic N) is 1. The van der Waals surface area contributed by atoms with Crippen LogP contribution in [-0.2, 0) is 96.0 Å². The summed E-state index contributed by atoms with van der Waals surface area (Å²) in [4.78, 5) is 245. The summed E-state index contributed by atoms with van der Waals surface area (Å²) in [6.07, 6.45) is 14.4. The third-order valence-electron chi connectivity index (χ3n) is 28.9. The number of carbonyl (C=O) groups excluding carboxylic acids is 14. The summed E-state index contributed by atoms with van der Waals surface area (Å²) in [6.45, 7) is 23.8. The maximum Gasteiger partial charge on any atom is 0.305 e. The molecule has 1 saturated heterocycles. The highest BCUT2D eigenvalue weighted by Crippen LogP contribution is 2.69. The van der Waals surface area contributed by atoms with Gasteiger partial charge in [0.05, 0.1) is 25.4 Å². The standard InChI is InChI=1S/C98H144N18O19S2/c1-50(2)19-18-20-54(9)65-27-28-66-64-26-25-60-37-57(31-33-97(60,12)67(64)32-34-98(65,66)13)38-79(118)107-76(42-82(122)123)92(131)113-77-47-136-137-48-78(95(134)116-84(56(11)117)85(99)124)114-90(129)74(40-59-44-102-69-24-17-15-22-63(59)69)112-96(135)83(53(7)8)115-93(132)72(36-52(5)6)110-88(127)70(29-30-81(120)121)106-80(119)46-103-87(126)71(35-51(3)4)109-91(130)75(41-61-45-100-49-104-61)111-89(128)73(108-86(125)55(10)105-94(77)133)39-58-43-101-68-23-16-14-21-62(58)68/h14-17,21-24,43-45,49-57,60,64-67,70-78,83-84,101-102,117H,18-20,25-42,46-48H2,1-13H3,(H2,99,124)(H,100,104)(H,103,126)(H,105,133)(H,106,119)(H,107,118)(H,108,125)(H,109,130)(H,110,127)(H,111,128)(H,112,135)(H,113,131)(H,114,129)(H,115,132)(H,116,134)(H,120,121)(H,122,123)/t54-,55+,56?,57+,60+,64-,65?,66?,67?,70+,71+,72+,73+,74+,75+,76+,77+,78+,83+,84+,97?,98?/m1/s1. The van der Waals surface area contributed by atoms with Crippen LogP contribution >= 0.6 is 21.6 Å². The number of hydrogen-bond acceptors (Lipinski definition) is 20. The van der Waals surface area contributed by atoms with Crippen LogP contribution in [0.1, 0.15) is 222 Å². The van der Waals surface area contributed by atoms with Gasteiger partial charge in [-0.3, -0.25) is 76.7 Å². The number of fused-ring (bicyclic) bond motifs is 7. The van der Waals surface area contributed by atoms with Gasteiger partial charge in [-0.05, 0) is 190 Å². The van der Waals surface area contributed by atoms with E-state index < -0.39 is 216 Å². The van der Waals surface area contributed by atoms with E-state index >= 15 is 28.8 Å². The number of aliphatic carboxylic acids is 2. The molecule has 752 valence electrons. The van der Waals surface area contributed by atoms with E-state index in [-0.39, 0.29) is 61.7 Å². The van der Waals surface area contributed by atoms with E-state index in [1.807, 2.05) is 0 Å². The van der Waals surface area contributed by atoms with Gasteiger partial charge in [-0.25, -0.2) is 4.98 Å². The number of carboxylic acid groups (broad SMARTS) is 2. The minimum Gasteiger partial charge on any atom is -0.481 e. The topological polar surface area (TPSA) is 576 Å². The number of primary amides is 1. The summed E-state index contributed by atoms with van der Waals surface area (Å²) < 4.78 is 0. The van der Waals surface area contributed by atoms with Gasteiger partial charge in [0.2, 0.25) is 82.7 Å². The van der Waals surface area contributed by atoms with Gasteiger partial charge in [0.25, 0.3) is 0 Å². The molecule has 21 N–H and O–H groups in total. The fraction of sp³-hybridized carbons (Fsp3) is 0.643. The fourth-order valence-electron chi connectivity index (χ4n) is 21.6. The van der Waals surface area contributed by atoms with Crippen LogP contribution in [0.4, 0.5) is 0 Å². The van der Waals surface area contributed by atoms with Crippen molar-refractivity contribution in [1.29, 1.82) is 0 Å². The van der Waals surface area contributed by atoms with E-state index in [0.717, 1.165) is 53.7 Å². The highest BCUT2D eigenvalue weighted by molar-refractivity contribution is 8.76. The van der Waals surface area contributed by atoms with Gasteiger partial charge in [-0.15, -0.1) is 0 Å². The second kappa shape index (κ2) is 49.5. The zero-order chi connectivity index (χ0) is 100. The number of rotatable bonds is 30. The molecule has 1 aliphatic heterocycles. The highest BCUT2D eigenvalue weighted by atomic mass is 33.1. The first-order valence-corrected chi connectivity index (χ1v) is 51.0. The van der Waals surface area contributed by atoms with Crippen LogP contribution in [0.2, 0.25) is 0 Å². The van der Waals surface area contributed by atoms with Crippen LogP contribution in [0.5, 0.6) is 0 Å². The molecule has 2 aromatic carbocycles. The maximum atomic E-state index is 15.4. The molecule has 6 unspecified atom stereocenters. The number of para-hydroxylation sites is 2. The van der Waals surface area contributed by atoms with Crippen molar-refractivity contribution in [3.63, 3.8) is 0 Å². The van der Waals surface area contributed by atoms with Crippen molar-refractivity contribution in [3.8, 4) is 0 Å². The van der Waals surface area contributed by atoms with Crippen molar-refractivity contribution in [2.75, 3.05) is 18.1 Å². The molecular formula is C98H144N18O19S2. The Labute approximate surface area is 808 Å². The van der Waals surface area contributed by atoms with Crippen LogP contribution in [0.3, 0.4) is 0 Å². The molecule has 0 radical (unpaired) electrons. The van der Waals surface area contributed by atoms with Crippen LogP contribution in [-0.4, -0.2) is 227 Å². The molecule has 37 nitrogen and oxygen atoms in total. The Morgan fingerprint density at radius 3 is 1.71 bits per heavy atom. The predicted octanol–water partition coefficient (Wildman–Crippen LogP) is 5.83. The lowest BCUT2D eigenvalue weighted by atomic mass is 9.44. The Morgan fingerprint density at radius 1 is 0.562 bits per heavy atom. The Bertz CT molecular complexity index is 5080. The summed E-state index contributed by atoms with van der Waals surface area (Å²) in [5.41, 5.74) is 8.66. The number of imidazole rings is 1. The number of benzene rings is 2. The number of nitrogens with two attached hydrogens (primary N) is 1. The number of hydrogen-bond donors (Lipinski definition) is 20. The lowest BCUT2D eigenvalue weighted by Crippen LogP contribution is -2.61. The summed E-state index contributed by atoms with van der Waals surface area (Å²) >= 11 is 0. The molecule has 5 aromatic rings. The minimum absolute atomic E-state index is 0.0148. The average Bonchev–Trinajstić information content (AvgIpc) is 1.66. The fourth-order valence-corrected chi connectivity index (χ4v) is 23.9. The summed E-state index contributed by atoms with van der Waals surface area (Å²) in [6, 6.07) is -5.48. The van der Waals surface area contributed by atoms with Gasteiger partial charge < -0.3 is 105 Å². The monoisotopic (exact) mass is 1940 g/mol. The van der Waals surface area contributed by atoms with Gasteiger partial charge in [0, 0.05) is 89.7 Å². The second-order valence-electron chi connectivity index (χ2n) is 40.8. The Hall–Kier alpha value is -11.1. The number of amides is 14. The lowest BCUT2D eigenvalue weighted by molar-refractivity contribution is -0.141. The number of aliphatic hydroxyl groups is 1. The summed E-state index contributed by atoms with van der Waals surface area (Å²) in [7, 11) is 1.63. The summed E-state index contributed by atoms with van der Waals surface area (Å²) in [5, 5.41) is 66.6. The van der Waals surface area contributed by atoms with E-state index in [4.69, 9.17) is 5.73 Å². The number of carbonyl (C=O) groups is 16. The van der Waals surface area contributed by atoms with Gasteiger partial charge in [0.1, 0.15) is 72.5 Å². The quantitative estimate of drug-likeness (QED) is 0.0240. The third kappa shape index (κ3) is 29.5. The molecule has 22 atom stereocenters. The molecule has 137 heavy (non-hydrogen) atoms. The smallest absolute Gasteiger partial charge is 0.305 e. The van der Waals surface area contributed by atoms with Crippen LogP contribution in [0.15, 0.2) is 73.4 Å². The van der Waals surface area contributed by atoms with E-state index in [0.29, 0.717) is 85.5 Å². The molecule has 4 aliphatic carbocycles. The predicted molar refractivity (Wildman–Crippen MR) is 518 cm³/mol. The normalized spacial score (nSPS) is 28.5. The molecule has 39 heteroatoms. The second-order valence-corrected chi connectivity index (χ2v) is 43.3. The van der Waals surface area contributed by atoms with Gasteiger partial charge in [-0.2, -0.15) is 0 Å². The number of aromatic nitrogens is 4. The van der Waals surface area contributed by atoms with E-state index in [2.05, 4.69) is 124 Å². The van der Waals surface area contributed by atoms with Gasteiger partial charge in [-0.1, -0.05) is 153 Å². The largest absolute Gasteiger partial charge is 0.481 e. The first kappa shape index (κ1) is 108. The molecular weight excluding hydrogens is 1800 g/mol. The van der Waals surface area contributed by atoms with Crippen LogP contribution in [0, 0.1) is 75.9 Å². The van der Waals surface area contributed by atoms with E-state index in [9.17, 15) is 63.3 Å². The van der Waals surface area contributed by atoms with E-state index in [1.165, 1.54) is 71.3 Å². The van der Waals surface area contributed by atoms with Gasteiger partial charge in [0.15, 0.2) is 0 Å². The number of H-pyrrole nitrogens is 3.